The smallest absolute Gasteiger partial charge is 0.230 e. The normalized spacial score (nSPS) is 9.93. The van der Waals surface area contributed by atoms with Crippen LogP contribution in [0, 0.1) is 0 Å². The van der Waals surface area contributed by atoms with Gasteiger partial charge in [0.2, 0.25) is 5.91 Å². The van der Waals surface area contributed by atoms with Gasteiger partial charge in [0.15, 0.2) is 0 Å². The molecule has 1 aromatic rings. The Kier molecular flexibility index (Phi) is 5.88. The first-order valence-electron chi connectivity index (χ1n) is 4.91. The van der Waals surface area contributed by atoms with Gasteiger partial charge in [-0.25, -0.2) is 0 Å². The van der Waals surface area contributed by atoms with Gasteiger partial charge in [-0.3, -0.25) is 4.79 Å². The number of nitrogens with two attached hydrogens (primary N) is 1. The van der Waals surface area contributed by atoms with Crippen molar-refractivity contribution in [1.29, 1.82) is 0 Å². The van der Waals surface area contributed by atoms with Crippen molar-refractivity contribution < 1.29 is 4.79 Å². The van der Waals surface area contributed by atoms with E-state index in [1.165, 1.54) is 5.56 Å². The molecule has 1 rings (SSSR count). The lowest BCUT2D eigenvalue weighted by atomic mass is 10.2. The number of carbonyl (C=O) groups excluding carboxylic acids is 1. The zero-order valence-corrected chi connectivity index (χ0v) is 9.43. The molecule has 0 aliphatic carbocycles. The summed E-state index contributed by atoms with van der Waals surface area (Å²) in [5, 5.41) is 2.73. The fourth-order valence-electron chi connectivity index (χ4n) is 1.10. The Bertz CT molecular complexity index is 290. The zero-order valence-electron chi connectivity index (χ0n) is 8.61. The average Bonchev–Trinajstić information content (AvgIpc) is 2.28. The van der Waals surface area contributed by atoms with E-state index in [9.17, 15) is 4.79 Å². The fraction of sp³-hybridized carbons (Fsp3) is 0.364. The van der Waals surface area contributed by atoms with Gasteiger partial charge in [-0.15, -0.1) is 11.8 Å². The quantitative estimate of drug-likeness (QED) is 0.758. The minimum absolute atomic E-state index is 0.0568. The molecular formula is C11H16N2OS. The Labute approximate surface area is 94.4 Å². The minimum atomic E-state index is 0.0568. The first-order valence-corrected chi connectivity index (χ1v) is 6.07. The largest absolute Gasteiger partial charge is 0.354 e. The van der Waals surface area contributed by atoms with Crippen LogP contribution >= 0.6 is 11.8 Å². The van der Waals surface area contributed by atoms with Gasteiger partial charge in [0.05, 0.1) is 5.75 Å². The molecule has 0 saturated carbocycles. The van der Waals surface area contributed by atoms with E-state index in [0.29, 0.717) is 18.8 Å². The van der Waals surface area contributed by atoms with Crippen molar-refractivity contribution >= 4 is 17.7 Å². The van der Waals surface area contributed by atoms with Crippen LogP contribution in [0.4, 0.5) is 0 Å². The van der Waals surface area contributed by atoms with Crippen LogP contribution in [-0.4, -0.2) is 24.7 Å². The molecule has 3 nitrogen and oxygen atoms in total. The Morgan fingerprint density at radius 1 is 1.33 bits per heavy atom. The summed E-state index contributed by atoms with van der Waals surface area (Å²) in [7, 11) is 0. The first kappa shape index (κ1) is 12.1. The summed E-state index contributed by atoms with van der Waals surface area (Å²) >= 11 is 1.61. The topological polar surface area (TPSA) is 55.1 Å². The van der Waals surface area contributed by atoms with Crippen molar-refractivity contribution in [2.24, 2.45) is 5.73 Å². The van der Waals surface area contributed by atoms with Crippen molar-refractivity contribution in [1.82, 2.24) is 5.32 Å². The Morgan fingerprint density at radius 2 is 2.07 bits per heavy atom. The van der Waals surface area contributed by atoms with Gasteiger partial charge < -0.3 is 11.1 Å². The van der Waals surface area contributed by atoms with Crippen molar-refractivity contribution in [3.05, 3.63) is 35.9 Å². The van der Waals surface area contributed by atoms with Gasteiger partial charge in [-0.05, 0) is 5.56 Å². The number of hydrogen-bond acceptors (Lipinski definition) is 3. The summed E-state index contributed by atoms with van der Waals surface area (Å²) in [6.45, 7) is 1.06. The molecule has 0 fully saturated rings. The summed E-state index contributed by atoms with van der Waals surface area (Å²) in [5.74, 6) is 1.42. The van der Waals surface area contributed by atoms with Gasteiger partial charge >= 0.3 is 0 Å². The van der Waals surface area contributed by atoms with Crippen molar-refractivity contribution in [2.45, 2.75) is 5.75 Å². The number of hydrogen-bond donors (Lipinski definition) is 2. The van der Waals surface area contributed by atoms with Gasteiger partial charge in [0, 0.05) is 18.8 Å². The predicted octanol–water partition coefficient (Wildman–Crippen LogP) is 0.995. The van der Waals surface area contributed by atoms with Crippen LogP contribution in [0.3, 0.4) is 0 Å². The molecule has 3 N–H and O–H groups in total. The molecule has 0 heterocycles. The lowest BCUT2D eigenvalue weighted by Gasteiger charge is -2.03. The SMILES string of the molecule is NCCNC(=O)CSCc1ccccc1. The second-order valence-corrected chi connectivity index (χ2v) is 4.10. The van der Waals surface area contributed by atoms with E-state index in [-0.39, 0.29) is 5.91 Å². The monoisotopic (exact) mass is 224 g/mol. The summed E-state index contributed by atoms with van der Waals surface area (Å²) in [6, 6.07) is 10.1. The van der Waals surface area contributed by atoms with Crippen LogP contribution < -0.4 is 11.1 Å². The molecule has 4 heteroatoms. The lowest BCUT2D eigenvalue weighted by Crippen LogP contribution is -2.30. The average molecular weight is 224 g/mol. The highest BCUT2D eigenvalue weighted by Crippen LogP contribution is 2.10. The predicted molar refractivity (Wildman–Crippen MR) is 64.7 cm³/mol. The van der Waals surface area contributed by atoms with E-state index >= 15 is 0 Å². The summed E-state index contributed by atoms with van der Waals surface area (Å²) in [6.07, 6.45) is 0. The first-order chi connectivity index (χ1) is 7.33. The van der Waals surface area contributed by atoms with Crippen molar-refractivity contribution in [3.63, 3.8) is 0 Å². The summed E-state index contributed by atoms with van der Waals surface area (Å²) in [4.78, 5) is 11.2. The highest BCUT2D eigenvalue weighted by atomic mass is 32.2. The third-order valence-corrected chi connectivity index (χ3v) is 2.81. The molecule has 0 spiro atoms. The molecule has 0 saturated heterocycles. The second kappa shape index (κ2) is 7.31. The van der Waals surface area contributed by atoms with Gasteiger partial charge in [-0.2, -0.15) is 0 Å². The highest BCUT2D eigenvalue weighted by molar-refractivity contribution is 7.99. The summed E-state index contributed by atoms with van der Waals surface area (Å²) in [5.41, 5.74) is 6.52. The maximum absolute atomic E-state index is 11.2. The summed E-state index contributed by atoms with van der Waals surface area (Å²) < 4.78 is 0. The number of rotatable bonds is 6. The molecule has 1 aromatic carbocycles. The Morgan fingerprint density at radius 3 is 2.73 bits per heavy atom. The third-order valence-electron chi connectivity index (χ3n) is 1.81. The molecule has 0 aromatic heterocycles. The number of carbonyl (C=O) groups is 1. The molecule has 0 unspecified atom stereocenters. The number of thioether (sulfide) groups is 1. The second-order valence-electron chi connectivity index (χ2n) is 3.12. The number of amides is 1. The molecule has 0 radical (unpaired) electrons. The molecular weight excluding hydrogens is 208 g/mol. The fourth-order valence-corrected chi connectivity index (χ4v) is 1.92. The van der Waals surface area contributed by atoms with Crippen LogP contribution in [0.15, 0.2) is 30.3 Å². The lowest BCUT2D eigenvalue weighted by molar-refractivity contribution is -0.118. The van der Waals surface area contributed by atoms with Gasteiger partial charge in [0.1, 0.15) is 0 Å². The van der Waals surface area contributed by atoms with Crippen LogP contribution in [0.5, 0.6) is 0 Å². The van der Waals surface area contributed by atoms with Crippen LogP contribution in [0.2, 0.25) is 0 Å². The molecule has 0 bridgehead atoms. The third kappa shape index (κ3) is 5.44. The van der Waals surface area contributed by atoms with Gasteiger partial charge in [0.25, 0.3) is 0 Å². The van der Waals surface area contributed by atoms with E-state index in [0.717, 1.165) is 5.75 Å². The Balaban J connectivity index is 2.14. The zero-order chi connectivity index (χ0) is 10.9. The minimum Gasteiger partial charge on any atom is -0.354 e. The van der Waals surface area contributed by atoms with Crippen LogP contribution in [-0.2, 0) is 10.5 Å². The van der Waals surface area contributed by atoms with Crippen molar-refractivity contribution in [2.75, 3.05) is 18.8 Å². The number of nitrogens with one attached hydrogen (secondary N) is 1. The Hall–Kier alpha value is -1.00. The van der Waals surface area contributed by atoms with Crippen LogP contribution in [0.25, 0.3) is 0 Å². The molecule has 1 amide bonds. The van der Waals surface area contributed by atoms with E-state index in [2.05, 4.69) is 17.4 Å². The van der Waals surface area contributed by atoms with Crippen LogP contribution in [0.1, 0.15) is 5.56 Å². The van der Waals surface area contributed by atoms with Crippen molar-refractivity contribution in [3.8, 4) is 0 Å². The highest BCUT2D eigenvalue weighted by Gasteiger charge is 2.00. The van der Waals surface area contributed by atoms with E-state index in [4.69, 9.17) is 5.73 Å². The van der Waals surface area contributed by atoms with E-state index < -0.39 is 0 Å². The van der Waals surface area contributed by atoms with E-state index in [1.807, 2.05) is 18.2 Å². The standard InChI is InChI=1S/C11H16N2OS/c12-6-7-13-11(14)9-15-8-10-4-2-1-3-5-10/h1-5H,6-9,12H2,(H,13,14). The maximum Gasteiger partial charge on any atom is 0.230 e. The maximum atomic E-state index is 11.2. The molecule has 0 aliphatic heterocycles. The molecule has 82 valence electrons. The van der Waals surface area contributed by atoms with E-state index in [1.54, 1.807) is 11.8 Å². The molecule has 0 aliphatic rings. The molecule has 15 heavy (non-hydrogen) atoms. The van der Waals surface area contributed by atoms with Gasteiger partial charge in [-0.1, -0.05) is 30.3 Å². The number of benzene rings is 1. The molecule has 0 atom stereocenters.